The van der Waals surface area contributed by atoms with Crippen molar-refractivity contribution in [2.24, 2.45) is 0 Å². The number of fused-ring (bicyclic) bond motifs is 3. The summed E-state index contributed by atoms with van der Waals surface area (Å²) in [7, 11) is 0. The molecule has 2 aliphatic rings. The molecule has 1 aromatic carbocycles. The summed E-state index contributed by atoms with van der Waals surface area (Å²) in [5, 5.41) is 4.52. The largest absolute Gasteiger partial charge is 0.486 e. The molecule has 0 saturated heterocycles. The van der Waals surface area contributed by atoms with E-state index < -0.39 is 5.92 Å². The SMILES string of the molecule is Cc1ccc(OCc2nc3c4c(ncn3n2)OC2=C(C(=O)CCC2)[C@@H]4c2ccco2)cc1. The Kier molecular flexibility index (Phi) is 4.31. The van der Waals surface area contributed by atoms with E-state index in [0.717, 1.165) is 17.7 Å². The van der Waals surface area contributed by atoms with E-state index >= 15 is 0 Å². The number of ether oxygens (including phenoxy) is 2. The third-order valence-corrected chi connectivity index (χ3v) is 5.85. The fraction of sp³-hybridized carbons (Fsp3) is 0.250. The zero-order chi connectivity index (χ0) is 21.7. The number of aromatic nitrogens is 4. The van der Waals surface area contributed by atoms with Crippen LogP contribution in [0.4, 0.5) is 0 Å². The number of allylic oxidation sites excluding steroid dienone is 2. The molecule has 0 fully saturated rings. The Labute approximate surface area is 183 Å². The summed E-state index contributed by atoms with van der Waals surface area (Å²) < 4.78 is 19.3. The smallest absolute Gasteiger partial charge is 0.228 e. The molecule has 0 bridgehead atoms. The van der Waals surface area contributed by atoms with E-state index in [0.29, 0.717) is 52.8 Å². The monoisotopic (exact) mass is 428 g/mol. The van der Waals surface area contributed by atoms with Crippen LogP contribution in [-0.4, -0.2) is 25.4 Å². The summed E-state index contributed by atoms with van der Waals surface area (Å²) in [6.45, 7) is 2.23. The topological polar surface area (TPSA) is 91.8 Å². The first-order valence-corrected chi connectivity index (χ1v) is 10.6. The van der Waals surface area contributed by atoms with Gasteiger partial charge in [-0.1, -0.05) is 17.7 Å². The number of aryl methyl sites for hydroxylation is 1. The maximum absolute atomic E-state index is 12.9. The summed E-state index contributed by atoms with van der Waals surface area (Å²) in [6, 6.07) is 11.5. The molecule has 0 amide bonds. The number of carbonyl (C=O) groups is 1. The van der Waals surface area contributed by atoms with Crippen LogP contribution in [-0.2, 0) is 11.4 Å². The normalized spacial score (nSPS) is 17.8. The van der Waals surface area contributed by atoms with Gasteiger partial charge in [0.1, 0.15) is 30.2 Å². The number of hydrogen-bond acceptors (Lipinski definition) is 7. The Balaban J connectivity index is 1.43. The van der Waals surface area contributed by atoms with Gasteiger partial charge in [0, 0.05) is 18.4 Å². The Morgan fingerprint density at radius 1 is 1.19 bits per heavy atom. The van der Waals surface area contributed by atoms with E-state index in [-0.39, 0.29) is 12.4 Å². The lowest BCUT2D eigenvalue weighted by atomic mass is 9.80. The van der Waals surface area contributed by atoms with E-state index in [9.17, 15) is 4.79 Å². The molecule has 8 heteroatoms. The van der Waals surface area contributed by atoms with Crippen LogP contribution >= 0.6 is 0 Å². The standard InChI is InChI=1S/C24H20N4O4/c1-14-7-9-15(10-8-14)31-12-19-26-23-22-21(17-6-3-11-30-17)20-16(29)4-2-5-18(20)32-24(22)25-13-28(23)27-19/h3,6-11,13,21H,2,4-5,12H2,1H3/t21-/m0/s1. The van der Waals surface area contributed by atoms with Crippen molar-refractivity contribution in [2.75, 3.05) is 0 Å². The van der Waals surface area contributed by atoms with Crippen molar-refractivity contribution in [1.82, 2.24) is 19.6 Å². The predicted molar refractivity (Wildman–Crippen MR) is 113 cm³/mol. The number of rotatable bonds is 4. The summed E-state index contributed by atoms with van der Waals surface area (Å²) >= 11 is 0. The number of furan rings is 1. The van der Waals surface area contributed by atoms with Gasteiger partial charge in [-0.05, 0) is 37.6 Å². The van der Waals surface area contributed by atoms with Crippen molar-refractivity contribution < 1.29 is 18.7 Å². The number of benzene rings is 1. The predicted octanol–water partition coefficient (Wildman–Crippen LogP) is 4.14. The van der Waals surface area contributed by atoms with Gasteiger partial charge in [0.15, 0.2) is 17.3 Å². The highest BCUT2D eigenvalue weighted by molar-refractivity contribution is 5.99. The van der Waals surface area contributed by atoms with Gasteiger partial charge in [0.05, 0.1) is 17.7 Å². The van der Waals surface area contributed by atoms with Crippen molar-refractivity contribution in [3.05, 3.63) is 83.0 Å². The third kappa shape index (κ3) is 3.07. The van der Waals surface area contributed by atoms with Gasteiger partial charge in [0.25, 0.3) is 0 Å². The maximum Gasteiger partial charge on any atom is 0.228 e. The van der Waals surface area contributed by atoms with Crippen LogP contribution in [0.1, 0.15) is 47.9 Å². The van der Waals surface area contributed by atoms with Crippen LogP contribution in [0.2, 0.25) is 0 Å². The Morgan fingerprint density at radius 3 is 2.88 bits per heavy atom. The number of hydrogen-bond donors (Lipinski definition) is 0. The number of nitrogens with zero attached hydrogens (tertiary/aromatic N) is 4. The molecule has 0 spiro atoms. The highest BCUT2D eigenvalue weighted by atomic mass is 16.5. The first kappa shape index (κ1) is 18.8. The minimum atomic E-state index is -0.428. The van der Waals surface area contributed by atoms with Crippen molar-refractivity contribution in [3.63, 3.8) is 0 Å². The van der Waals surface area contributed by atoms with Crippen LogP contribution in [0, 0.1) is 6.92 Å². The highest BCUT2D eigenvalue weighted by Crippen LogP contribution is 2.47. The molecule has 4 aromatic rings. The maximum atomic E-state index is 12.9. The van der Waals surface area contributed by atoms with E-state index in [1.54, 1.807) is 17.1 Å². The first-order valence-electron chi connectivity index (χ1n) is 10.6. The summed E-state index contributed by atoms with van der Waals surface area (Å²) in [5.74, 6) is 2.67. The number of Topliss-reactive ketones (excluding diaryl/α,β-unsaturated/α-hetero) is 1. The molecule has 0 unspecified atom stereocenters. The average Bonchev–Trinajstić information content (AvgIpc) is 3.47. The number of ketones is 1. The Morgan fingerprint density at radius 2 is 2.06 bits per heavy atom. The van der Waals surface area contributed by atoms with E-state index in [1.165, 1.54) is 0 Å². The van der Waals surface area contributed by atoms with Crippen molar-refractivity contribution in [2.45, 2.75) is 38.7 Å². The van der Waals surface area contributed by atoms with Crippen molar-refractivity contribution in [3.8, 4) is 11.6 Å². The summed E-state index contributed by atoms with van der Waals surface area (Å²) in [5.41, 5.74) is 3.05. The van der Waals surface area contributed by atoms with Crippen LogP contribution < -0.4 is 9.47 Å². The summed E-state index contributed by atoms with van der Waals surface area (Å²) in [6.07, 6.45) is 5.15. The van der Waals surface area contributed by atoms with Gasteiger partial charge < -0.3 is 13.9 Å². The van der Waals surface area contributed by atoms with Gasteiger partial charge in [-0.3, -0.25) is 4.79 Å². The average molecular weight is 428 g/mol. The zero-order valence-corrected chi connectivity index (χ0v) is 17.4. The van der Waals surface area contributed by atoms with Gasteiger partial charge in [-0.2, -0.15) is 0 Å². The highest BCUT2D eigenvalue weighted by Gasteiger charge is 2.40. The molecule has 1 aliphatic heterocycles. The molecule has 160 valence electrons. The molecule has 1 aliphatic carbocycles. The Hall–Kier alpha value is -3.94. The fourth-order valence-electron chi connectivity index (χ4n) is 4.34. The molecular formula is C24H20N4O4. The van der Waals surface area contributed by atoms with E-state index in [4.69, 9.17) is 18.9 Å². The molecule has 0 N–H and O–H groups in total. The Bertz CT molecular complexity index is 1350. The van der Waals surface area contributed by atoms with Gasteiger partial charge in [-0.25, -0.2) is 14.5 Å². The van der Waals surface area contributed by atoms with E-state index in [2.05, 4.69) is 10.1 Å². The second-order valence-corrected chi connectivity index (χ2v) is 8.03. The van der Waals surface area contributed by atoms with Crippen molar-refractivity contribution >= 4 is 11.4 Å². The lowest BCUT2D eigenvalue weighted by Gasteiger charge is -2.30. The lowest BCUT2D eigenvalue weighted by Crippen LogP contribution is -2.26. The molecular weight excluding hydrogens is 408 g/mol. The van der Waals surface area contributed by atoms with Crippen molar-refractivity contribution in [1.29, 1.82) is 0 Å². The molecule has 0 saturated carbocycles. The van der Waals surface area contributed by atoms with Crippen LogP contribution in [0.3, 0.4) is 0 Å². The van der Waals surface area contributed by atoms with Crippen LogP contribution in [0.25, 0.3) is 5.65 Å². The molecule has 1 atom stereocenters. The molecule has 0 radical (unpaired) electrons. The molecule has 32 heavy (non-hydrogen) atoms. The van der Waals surface area contributed by atoms with E-state index in [1.807, 2.05) is 43.3 Å². The van der Waals surface area contributed by atoms with Crippen LogP contribution in [0.5, 0.6) is 11.6 Å². The molecule has 4 heterocycles. The summed E-state index contributed by atoms with van der Waals surface area (Å²) in [4.78, 5) is 22.1. The minimum Gasteiger partial charge on any atom is -0.486 e. The number of carbonyl (C=O) groups excluding carboxylic acids is 1. The zero-order valence-electron chi connectivity index (χ0n) is 17.4. The molecule has 6 rings (SSSR count). The lowest BCUT2D eigenvalue weighted by molar-refractivity contribution is -0.116. The second-order valence-electron chi connectivity index (χ2n) is 8.03. The van der Waals surface area contributed by atoms with Gasteiger partial charge in [0.2, 0.25) is 5.88 Å². The minimum absolute atomic E-state index is 0.0720. The van der Waals surface area contributed by atoms with Gasteiger partial charge >= 0.3 is 0 Å². The fourth-order valence-corrected chi connectivity index (χ4v) is 4.34. The van der Waals surface area contributed by atoms with Gasteiger partial charge in [-0.15, -0.1) is 5.10 Å². The third-order valence-electron chi connectivity index (χ3n) is 5.85. The first-order chi connectivity index (χ1) is 15.7. The molecule has 3 aromatic heterocycles. The van der Waals surface area contributed by atoms with Crippen LogP contribution in [0.15, 0.2) is 64.7 Å². The quantitative estimate of drug-likeness (QED) is 0.482. The second kappa shape index (κ2) is 7.33. The molecule has 8 nitrogen and oxygen atoms in total.